The highest BCUT2D eigenvalue weighted by Gasteiger charge is 2.24. The molecule has 0 aliphatic rings. The zero-order chi connectivity index (χ0) is 20.7. The summed E-state index contributed by atoms with van der Waals surface area (Å²) in [5.41, 5.74) is 2.99. The van der Waals surface area contributed by atoms with Crippen molar-refractivity contribution in [1.29, 1.82) is 0 Å². The second kappa shape index (κ2) is 10.1. The lowest BCUT2D eigenvalue weighted by atomic mass is 9.77. The van der Waals surface area contributed by atoms with E-state index in [4.69, 9.17) is 26.2 Å². The summed E-state index contributed by atoms with van der Waals surface area (Å²) >= 11 is 5.58. The molecule has 5 nitrogen and oxygen atoms in total. The first-order chi connectivity index (χ1) is 13.3. The molecule has 0 saturated heterocycles. The Hall–Kier alpha value is -1.79. The first-order valence-electron chi connectivity index (χ1n) is 9.28. The van der Waals surface area contributed by atoms with Crippen LogP contribution in [0.3, 0.4) is 0 Å². The molecule has 154 valence electrons. The Morgan fingerprint density at radius 2 is 1.54 bits per heavy atom. The zero-order valence-corrected chi connectivity index (χ0v) is 17.3. The van der Waals surface area contributed by atoms with Crippen LogP contribution in [0.25, 0.3) is 0 Å². The van der Waals surface area contributed by atoms with Crippen LogP contribution in [0.5, 0.6) is 11.5 Å². The lowest BCUT2D eigenvalue weighted by Gasteiger charge is -2.27. The smallest absolute Gasteiger partial charge is 0.122 e. The molecule has 2 atom stereocenters. The van der Waals surface area contributed by atoms with E-state index in [-0.39, 0.29) is 31.1 Å². The SMILES string of the molecule is Cc1cc(C(C)(C)c2ccc(OC[C@@H](O)CCl)cc2)ccc1OC[C@H](O)CO. The van der Waals surface area contributed by atoms with E-state index in [1.807, 2.05) is 43.3 Å². The Kier molecular flexibility index (Phi) is 8.13. The summed E-state index contributed by atoms with van der Waals surface area (Å²) in [6.45, 7) is 6.14. The summed E-state index contributed by atoms with van der Waals surface area (Å²) in [7, 11) is 0. The van der Waals surface area contributed by atoms with Crippen molar-refractivity contribution >= 4 is 11.6 Å². The van der Waals surface area contributed by atoms with Gasteiger partial charge in [0.25, 0.3) is 0 Å². The predicted octanol–water partition coefficient (Wildman–Crippen LogP) is 3.03. The fourth-order valence-corrected chi connectivity index (χ4v) is 2.90. The third kappa shape index (κ3) is 5.85. The van der Waals surface area contributed by atoms with Gasteiger partial charge in [-0.05, 0) is 41.8 Å². The maximum atomic E-state index is 9.49. The Bertz CT molecular complexity index is 745. The van der Waals surface area contributed by atoms with Crippen LogP contribution >= 0.6 is 11.6 Å². The van der Waals surface area contributed by atoms with E-state index in [2.05, 4.69) is 19.9 Å². The highest BCUT2D eigenvalue weighted by molar-refractivity contribution is 6.18. The quantitative estimate of drug-likeness (QED) is 0.526. The summed E-state index contributed by atoms with van der Waals surface area (Å²) < 4.78 is 11.1. The molecule has 3 N–H and O–H groups in total. The Morgan fingerprint density at radius 1 is 0.929 bits per heavy atom. The summed E-state index contributed by atoms with van der Waals surface area (Å²) in [5, 5.41) is 27.8. The number of aliphatic hydroxyl groups excluding tert-OH is 3. The first kappa shape index (κ1) is 22.5. The van der Waals surface area contributed by atoms with Crippen LogP contribution < -0.4 is 9.47 Å². The van der Waals surface area contributed by atoms with Crippen molar-refractivity contribution < 1.29 is 24.8 Å². The van der Waals surface area contributed by atoms with Crippen LogP contribution in [0.4, 0.5) is 0 Å². The van der Waals surface area contributed by atoms with Gasteiger partial charge in [-0.25, -0.2) is 0 Å². The summed E-state index contributed by atoms with van der Waals surface area (Å²) in [5.74, 6) is 1.52. The third-order valence-electron chi connectivity index (χ3n) is 4.74. The number of aryl methyl sites for hydroxylation is 1. The van der Waals surface area contributed by atoms with E-state index in [9.17, 15) is 10.2 Å². The minimum atomic E-state index is -0.887. The van der Waals surface area contributed by atoms with Gasteiger partial charge in [-0.3, -0.25) is 0 Å². The van der Waals surface area contributed by atoms with Gasteiger partial charge in [-0.1, -0.05) is 38.1 Å². The van der Waals surface area contributed by atoms with E-state index in [0.29, 0.717) is 11.5 Å². The third-order valence-corrected chi connectivity index (χ3v) is 5.09. The minimum absolute atomic E-state index is 0.0555. The fourth-order valence-electron chi connectivity index (χ4n) is 2.81. The van der Waals surface area contributed by atoms with Crippen molar-refractivity contribution in [3.05, 3.63) is 59.2 Å². The maximum Gasteiger partial charge on any atom is 0.122 e. The average molecular weight is 409 g/mol. The van der Waals surface area contributed by atoms with E-state index in [0.717, 1.165) is 16.7 Å². The molecule has 2 rings (SSSR count). The van der Waals surface area contributed by atoms with Crippen molar-refractivity contribution in [3.63, 3.8) is 0 Å². The Balaban J connectivity index is 2.11. The van der Waals surface area contributed by atoms with Crippen molar-refractivity contribution in [2.24, 2.45) is 0 Å². The average Bonchev–Trinajstić information content (AvgIpc) is 2.70. The van der Waals surface area contributed by atoms with Gasteiger partial charge in [-0.15, -0.1) is 11.6 Å². The van der Waals surface area contributed by atoms with E-state index >= 15 is 0 Å². The van der Waals surface area contributed by atoms with Gasteiger partial charge in [0.2, 0.25) is 0 Å². The lowest BCUT2D eigenvalue weighted by Crippen LogP contribution is -2.22. The normalized spacial score (nSPS) is 13.8. The number of aliphatic hydroxyl groups is 3. The van der Waals surface area contributed by atoms with E-state index < -0.39 is 12.2 Å². The molecule has 6 heteroatoms. The molecule has 0 spiro atoms. The monoisotopic (exact) mass is 408 g/mol. The molecule has 0 heterocycles. The minimum Gasteiger partial charge on any atom is -0.491 e. The Labute approximate surface area is 171 Å². The molecule has 0 unspecified atom stereocenters. The van der Waals surface area contributed by atoms with Crippen LogP contribution in [0, 0.1) is 6.92 Å². The van der Waals surface area contributed by atoms with Gasteiger partial charge in [0.15, 0.2) is 0 Å². The standard InChI is InChI=1S/C22H29ClO5/c1-15-10-17(6-9-21(15)28-14-19(26)12-24)22(2,3)16-4-7-20(8-5-16)27-13-18(25)11-23/h4-10,18-19,24-26H,11-14H2,1-3H3/t18-,19+/m0/s1. The number of benzene rings is 2. The molecule has 2 aromatic carbocycles. The molecule has 0 bridgehead atoms. The van der Waals surface area contributed by atoms with Crippen LogP contribution in [0.15, 0.2) is 42.5 Å². The number of halogens is 1. The highest BCUT2D eigenvalue weighted by Crippen LogP contribution is 2.34. The second-order valence-electron chi connectivity index (χ2n) is 7.40. The van der Waals surface area contributed by atoms with Crippen molar-refractivity contribution in [2.75, 3.05) is 25.7 Å². The van der Waals surface area contributed by atoms with Crippen LogP contribution in [-0.4, -0.2) is 53.2 Å². The molecule has 0 radical (unpaired) electrons. The number of rotatable bonds is 10. The summed E-state index contributed by atoms with van der Waals surface area (Å²) in [6.07, 6.45) is -1.57. The van der Waals surface area contributed by atoms with Crippen LogP contribution in [0.1, 0.15) is 30.5 Å². The first-order valence-corrected chi connectivity index (χ1v) is 9.81. The number of ether oxygens (including phenoxy) is 2. The van der Waals surface area contributed by atoms with Crippen LogP contribution in [0.2, 0.25) is 0 Å². The molecule has 0 aliphatic carbocycles. The van der Waals surface area contributed by atoms with Crippen molar-refractivity contribution in [1.82, 2.24) is 0 Å². The van der Waals surface area contributed by atoms with Crippen molar-refractivity contribution in [2.45, 2.75) is 38.4 Å². The maximum absolute atomic E-state index is 9.49. The van der Waals surface area contributed by atoms with Gasteiger partial charge < -0.3 is 24.8 Å². The Morgan fingerprint density at radius 3 is 2.11 bits per heavy atom. The molecular weight excluding hydrogens is 380 g/mol. The molecule has 0 aromatic heterocycles. The second-order valence-corrected chi connectivity index (χ2v) is 7.70. The molecule has 28 heavy (non-hydrogen) atoms. The predicted molar refractivity (Wildman–Crippen MR) is 111 cm³/mol. The molecule has 0 amide bonds. The summed E-state index contributed by atoms with van der Waals surface area (Å²) in [4.78, 5) is 0. The summed E-state index contributed by atoms with van der Waals surface area (Å²) in [6, 6.07) is 13.8. The molecule has 0 saturated carbocycles. The van der Waals surface area contributed by atoms with Gasteiger partial charge >= 0.3 is 0 Å². The molecule has 2 aromatic rings. The largest absolute Gasteiger partial charge is 0.491 e. The van der Waals surface area contributed by atoms with E-state index in [1.165, 1.54) is 0 Å². The van der Waals surface area contributed by atoms with Crippen molar-refractivity contribution in [3.8, 4) is 11.5 Å². The van der Waals surface area contributed by atoms with E-state index in [1.54, 1.807) is 0 Å². The highest BCUT2D eigenvalue weighted by atomic mass is 35.5. The number of hydrogen-bond acceptors (Lipinski definition) is 5. The number of hydrogen-bond donors (Lipinski definition) is 3. The fraction of sp³-hybridized carbons (Fsp3) is 0.455. The lowest BCUT2D eigenvalue weighted by molar-refractivity contribution is 0.0534. The zero-order valence-electron chi connectivity index (χ0n) is 16.6. The molecule has 0 aliphatic heterocycles. The van der Waals surface area contributed by atoms with Gasteiger partial charge in [0.1, 0.15) is 36.9 Å². The van der Waals surface area contributed by atoms with Gasteiger partial charge in [-0.2, -0.15) is 0 Å². The molecule has 0 fully saturated rings. The topological polar surface area (TPSA) is 79.2 Å². The van der Waals surface area contributed by atoms with Crippen LogP contribution in [-0.2, 0) is 5.41 Å². The molecular formula is C22H29ClO5. The van der Waals surface area contributed by atoms with Gasteiger partial charge in [0, 0.05) is 5.41 Å². The number of alkyl halides is 1. The van der Waals surface area contributed by atoms with Gasteiger partial charge in [0.05, 0.1) is 12.5 Å².